The molecule has 0 radical (unpaired) electrons. The smallest absolute Gasteiger partial charge is 0.325 e. The number of benzene rings is 1. The van der Waals surface area contributed by atoms with E-state index in [4.69, 9.17) is 5.11 Å². The van der Waals surface area contributed by atoms with Gasteiger partial charge in [-0.2, -0.15) is 0 Å². The fraction of sp³-hybridized carbons (Fsp3) is 0.375. The van der Waals surface area contributed by atoms with Crippen LogP contribution in [0.15, 0.2) is 30.5 Å². The standard InChI is InChI=1S/C16H18N4O3/c1-11-3-2-4-12(7-11)16(5-6-16)15(23)17-8-13-9-20(19-18-13)10-14(21)22/h2-4,7,9H,5-6,8,10H2,1H3,(H,17,23)(H,21,22). The predicted octanol–water partition coefficient (Wildman–Crippen LogP) is 1.02. The second-order valence-electron chi connectivity index (χ2n) is 5.94. The number of carbonyl (C=O) groups excluding carboxylic acids is 1. The van der Waals surface area contributed by atoms with Crippen molar-refractivity contribution >= 4 is 11.9 Å². The van der Waals surface area contributed by atoms with Crippen molar-refractivity contribution in [3.63, 3.8) is 0 Å². The van der Waals surface area contributed by atoms with Gasteiger partial charge in [-0.15, -0.1) is 5.10 Å². The number of aryl methyl sites for hydroxylation is 1. The number of aliphatic carboxylic acids is 1. The zero-order valence-corrected chi connectivity index (χ0v) is 12.8. The van der Waals surface area contributed by atoms with Gasteiger partial charge in [-0.1, -0.05) is 35.0 Å². The lowest BCUT2D eigenvalue weighted by atomic mass is 9.93. The van der Waals surface area contributed by atoms with E-state index < -0.39 is 11.4 Å². The molecule has 0 spiro atoms. The number of nitrogens with zero attached hydrogens (tertiary/aromatic N) is 3. The van der Waals surface area contributed by atoms with E-state index in [1.54, 1.807) is 0 Å². The maximum Gasteiger partial charge on any atom is 0.325 e. The molecule has 23 heavy (non-hydrogen) atoms. The van der Waals surface area contributed by atoms with Gasteiger partial charge < -0.3 is 10.4 Å². The molecule has 7 nitrogen and oxygen atoms in total. The van der Waals surface area contributed by atoms with Crippen molar-refractivity contribution in [2.24, 2.45) is 0 Å². The molecule has 2 N–H and O–H groups in total. The van der Waals surface area contributed by atoms with Crippen molar-refractivity contribution in [2.75, 3.05) is 0 Å². The minimum atomic E-state index is -0.984. The highest BCUT2D eigenvalue weighted by molar-refractivity contribution is 5.91. The van der Waals surface area contributed by atoms with E-state index in [2.05, 4.69) is 21.7 Å². The Morgan fingerprint density at radius 2 is 2.17 bits per heavy atom. The Labute approximate surface area is 133 Å². The molecule has 120 valence electrons. The summed E-state index contributed by atoms with van der Waals surface area (Å²) < 4.78 is 1.23. The third-order valence-electron chi connectivity index (χ3n) is 4.07. The SMILES string of the molecule is Cc1cccc(C2(C(=O)NCc3cn(CC(=O)O)nn3)CC2)c1. The van der Waals surface area contributed by atoms with Crippen molar-refractivity contribution < 1.29 is 14.7 Å². The summed E-state index contributed by atoms with van der Waals surface area (Å²) in [7, 11) is 0. The number of nitrogens with one attached hydrogen (secondary N) is 1. The summed E-state index contributed by atoms with van der Waals surface area (Å²) in [5.41, 5.74) is 2.30. The lowest BCUT2D eigenvalue weighted by Crippen LogP contribution is -2.34. The number of hydrogen-bond acceptors (Lipinski definition) is 4. The van der Waals surface area contributed by atoms with E-state index in [1.807, 2.05) is 25.1 Å². The van der Waals surface area contributed by atoms with Gasteiger partial charge in [0, 0.05) is 0 Å². The molecule has 0 bridgehead atoms. The lowest BCUT2D eigenvalue weighted by molar-refractivity contribution is -0.138. The minimum absolute atomic E-state index is 0.0177. The number of hydrogen-bond donors (Lipinski definition) is 2. The number of carboxylic acid groups (broad SMARTS) is 1. The Balaban J connectivity index is 1.63. The number of aromatic nitrogens is 3. The maximum absolute atomic E-state index is 12.5. The van der Waals surface area contributed by atoms with Gasteiger partial charge in [0.25, 0.3) is 0 Å². The molecule has 1 aromatic carbocycles. The number of amides is 1. The molecule has 1 aromatic heterocycles. The molecule has 1 amide bonds. The molecule has 7 heteroatoms. The van der Waals surface area contributed by atoms with Gasteiger partial charge in [0.05, 0.1) is 18.2 Å². The molecule has 1 heterocycles. The number of rotatable bonds is 6. The van der Waals surface area contributed by atoms with Crippen LogP contribution >= 0.6 is 0 Å². The normalized spacial score (nSPS) is 15.2. The van der Waals surface area contributed by atoms with Crippen LogP contribution < -0.4 is 5.32 Å². The highest BCUT2D eigenvalue weighted by atomic mass is 16.4. The van der Waals surface area contributed by atoms with E-state index in [0.29, 0.717) is 5.69 Å². The highest BCUT2D eigenvalue weighted by Gasteiger charge is 2.51. The summed E-state index contributed by atoms with van der Waals surface area (Å²) in [5, 5.41) is 19.2. The van der Waals surface area contributed by atoms with Crippen LogP contribution in [0, 0.1) is 6.92 Å². The van der Waals surface area contributed by atoms with Gasteiger partial charge in [0.2, 0.25) is 5.91 Å². The maximum atomic E-state index is 12.5. The average Bonchev–Trinajstić information content (AvgIpc) is 3.20. The van der Waals surface area contributed by atoms with Crippen LogP contribution in [0.3, 0.4) is 0 Å². The highest BCUT2D eigenvalue weighted by Crippen LogP contribution is 2.48. The number of carbonyl (C=O) groups is 2. The van der Waals surface area contributed by atoms with Crippen molar-refractivity contribution in [1.82, 2.24) is 20.3 Å². The molecule has 1 saturated carbocycles. The van der Waals surface area contributed by atoms with E-state index in [0.717, 1.165) is 24.0 Å². The van der Waals surface area contributed by atoms with Gasteiger partial charge >= 0.3 is 5.97 Å². The molecule has 1 aliphatic rings. The summed E-state index contributed by atoms with van der Waals surface area (Å²) in [6.45, 7) is 2.01. The van der Waals surface area contributed by atoms with Gasteiger partial charge in [0.1, 0.15) is 12.2 Å². The van der Waals surface area contributed by atoms with Gasteiger partial charge in [-0.05, 0) is 25.3 Å². The predicted molar refractivity (Wildman–Crippen MR) is 81.6 cm³/mol. The van der Waals surface area contributed by atoms with E-state index >= 15 is 0 Å². The van der Waals surface area contributed by atoms with Crippen molar-refractivity contribution in [3.05, 3.63) is 47.3 Å². The van der Waals surface area contributed by atoms with E-state index in [-0.39, 0.29) is 19.0 Å². The van der Waals surface area contributed by atoms with Crippen LogP contribution in [0.5, 0.6) is 0 Å². The fourth-order valence-electron chi connectivity index (χ4n) is 2.69. The second kappa shape index (κ2) is 5.83. The Hall–Kier alpha value is -2.70. The minimum Gasteiger partial charge on any atom is -0.480 e. The Morgan fingerprint density at radius 3 is 2.83 bits per heavy atom. The third-order valence-corrected chi connectivity index (χ3v) is 4.07. The Kier molecular flexibility index (Phi) is 3.85. The first-order chi connectivity index (χ1) is 11.0. The van der Waals surface area contributed by atoms with Crippen LogP contribution in [-0.4, -0.2) is 32.0 Å². The second-order valence-corrected chi connectivity index (χ2v) is 5.94. The summed E-state index contributed by atoms with van der Waals surface area (Å²) >= 11 is 0. The van der Waals surface area contributed by atoms with Crippen LogP contribution in [0.4, 0.5) is 0 Å². The molecule has 0 aliphatic heterocycles. The third kappa shape index (κ3) is 3.23. The van der Waals surface area contributed by atoms with Crippen LogP contribution in [0.2, 0.25) is 0 Å². The monoisotopic (exact) mass is 314 g/mol. The van der Waals surface area contributed by atoms with Gasteiger partial charge in [-0.3, -0.25) is 9.59 Å². The molecule has 1 aliphatic carbocycles. The van der Waals surface area contributed by atoms with Gasteiger partial charge in [0.15, 0.2) is 0 Å². The topological polar surface area (TPSA) is 97.1 Å². The van der Waals surface area contributed by atoms with Crippen molar-refractivity contribution in [1.29, 1.82) is 0 Å². The fourth-order valence-corrected chi connectivity index (χ4v) is 2.69. The quantitative estimate of drug-likeness (QED) is 0.829. The number of carboxylic acids is 1. The van der Waals surface area contributed by atoms with Crippen LogP contribution in [-0.2, 0) is 28.1 Å². The van der Waals surface area contributed by atoms with E-state index in [9.17, 15) is 9.59 Å². The zero-order valence-electron chi connectivity index (χ0n) is 12.8. The first-order valence-corrected chi connectivity index (χ1v) is 7.46. The summed E-state index contributed by atoms with van der Waals surface area (Å²) in [4.78, 5) is 23.1. The lowest BCUT2D eigenvalue weighted by Gasteiger charge is -2.15. The molecule has 0 saturated heterocycles. The summed E-state index contributed by atoms with van der Waals surface area (Å²) in [6, 6.07) is 8.02. The summed E-state index contributed by atoms with van der Waals surface area (Å²) in [6.07, 6.45) is 3.21. The Morgan fingerprint density at radius 1 is 1.39 bits per heavy atom. The largest absolute Gasteiger partial charge is 0.480 e. The first-order valence-electron chi connectivity index (χ1n) is 7.46. The van der Waals surface area contributed by atoms with Crippen molar-refractivity contribution in [3.8, 4) is 0 Å². The van der Waals surface area contributed by atoms with Crippen molar-refractivity contribution in [2.45, 2.75) is 38.3 Å². The Bertz CT molecular complexity index is 749. The molecule has 3 rings (SSSR count). The van der Waals surface area contributed by atoms with Crippen LogP contribution in [0.25, 0.3) is 0 Å². The molecular weight excluding hydrogens is 296 g/mol. The molecule has 2 aromatic rings. The van der Waals surface area contributed by atoms with Crippen LogP contribution in [0.1, 0.15) is 29.7 Å². The molecular formula is C16H18N4O3. The van der Waals surface area contributed by atoms with E-state index in [1.165, 1.54) is 10.9 Å². The molecule has 0 unspecified atom stereocenters. The first kappa shape index (κ1) is 15.2. The summed E-state index contributed by atoms with van der Waals surface area (Å²) in [5.74, 6) is -1.00. The van der Waals surface area contributed by atoms with Gasteiger partial charge in [-0.25, -0.2) is 4.68 Å². The molecule has 0 atom stereocenters. The zero-order chi connectivity index (χ0) is 16.4. The molecule has 1 fully saturated rings. The average molecular weight is 314 g/mol.